The number of piperidine rings is 1. The molecule has 0 unspecified atom stereocenters. The second-order valence-corrected chi connectivity index (χ2v) is 8.46. The summed E-state index contributed by atoms with van der Waals surface area (Å²) in [5, 5.41) is 5.99. The normalized spacial score (nSPS) is 17.3. The van der Waals surface area contributed by atoms with Crippen LogP contribution in [0.5, 0.6) is 5.75 Å². The maximum absolute atomic E-state index is 13.0. The third-order valence-corrected chi connectivity index (χ3v) is 6.16. The van der Waals surface area contributed by atoms with Crippen molar-refractivity contribution in [3.8, 4) is 5.75 Å². The number of hydrogen-bond acceptors (Lipinski definition) is 4. The Labute approximate surface area is 188 Å². The lowest BCUT2D eigenvalue weighted by atomic mass is 9.88. The van der Waals surface area contributed by atoms with E-state index < -0.39 is 6.04 Å². The van der Waals surface area contributed by atoms with E-state index in [4.69, 9.17) is 4.74 Å². The minimum absolute atomic E-state index is 0.00491. The van der Waals surface area contributed by atoms with Gasteiger partial charge in [-0.25, -0.2) is 0 Å². The first-order valence-electron chi connectivity index (χ1n) is 11.1. The Balaban J connectivity index is 1.41. The molecule has 0 radical (unpaired) electrons. The molecule has 2 fully saturated rings. The van der Waals surface area contributed by atoms with Crippen molar-refractivity contribution in [2.75, 3.05) is 20.2 Å². The average molecular weight is 436 g/mol. The van der Waals surface area contributed by atoms with Gasteiger partial charge in [0.15, 0.2) is 0 Å². The van der Waals surface area contributed by atoms with Gasteiger partial charge in [-0.3, -0.25) is 14.4 Å². The van der Waals surface area contributed by atoms with Gasteiger partial charge in [-0.1, -0.05) is 18.2 Å². The van der Waals surface area contributed by atoms with E-state index in [2.05, 4.69) is 10.6 Å². The third kappa shape index (κ3) is 5.28. The molecule has 7 nitrogen and oxygen atoms in total. The van der Waals surface area contributed by atoms with Gasteiger partial charge in [0.2, 0.25) is 5.91 Å². The summed E-state index contributed by atoms with van der Waals surface area (Å²) in [6.07, 6.45) is 3.28. The molecule has 168 valence electrons. The molecule has 1 aliphatic heterocycles. The monoisotopic (exact) mass is 435 g/mol. The van der Waals surface area contributed by atoms with Gasteiger partial charge in [0, 0.05) is 30.3 Å². The second-order valence-electron chi connectivity index (χ2n) is 8.46. The molecule has 32 heavy (non-hydrogen) atoms. The van der Waals surface area contributed by atoms with E-state index in [0.717, 1.165) is 12.8 Å². The van der Waals surface area contributed by atoms with Crippen LogP contribution in [0.1, 0.15) is 46.4 Å². The number of methoxy groups -OCH3 is 1. The highest BCUT2D eigenvalue weighted by Gasteiger charge is 2.36. The quantitative estimate of drug-likeness (QED) is 0.700. The number of ether oxygens (including phenoxy) is 1. The first-order valence-corrected chi connectivity index (χ1v) is 11.1. The van der Waals surface area contributed by atoms with E-state index in [0.29, 0.717) is 42.8 Å². The SMILES string of the molecule is COc1ccc(C(=O)N[C@H](C(=O)NC2CC2)C2CCN(C(=O)c3ccccc3)CC2)cc1. The van der Waals surface area contributed by atoms with Crippen LogP contribution in [0.15, 0.2) is 54.6 Å². The Kier molecular flexibility index (Phi) is 6.73. The Morgan fingerprint density at radius 3 is 2.16 bits per heavy atom. The zero-order valence-corrected chi connectivity index (χ0v) is 18.3. The molecule has 1 atom stereocenters. The number of hydrogen-bond donors (Lipinski definition) is 2. The minimum atomic E-state index is -0.626. The number of carbonyl (C=O) groups excluding carboxylic acids is 3. The van der Waals surface area contributed by atoms with Crippen molar-refractivity contribution in [3.63, 3.8) is 0 Å². The predicted octanol–water partition coefficient (Wildman–Crippen LogP) is 2.62. The van der Waals surface area contributed by atoms with Crippen molar-refractivity contribution in [2.45, 2.75) is 37.8 Å². The van der Waals surface area contributed by atoms with Crippen LogP contribution in [0.25, 0.3) is 0 Å². The van der Waals surface area contributed by atoms with Crippen molar-refractivity contribution in [1.82, 2.24) is 15.5 Å². The van der Waals surface area contributed by atoms with E-state index in [1.807, 2.05) is 35.2 Å². The predicted molar refractivity (Wildman–Crippen MR) is 120 cm³/mol. The summed E-state index contributed by atoms with van der Waals surface area (Å²) < 4.78 is 5.15. The maximum atomic E-state index is 13.0. The molecule has 1 saturated heterocycles. The van der Waals surface area contributed by atoms with Gasteiger partial charge in [0.1, 0.15) is 11.8 Å². The second kappa shape index (κ2) is 9.85. The summed E-state index contributed by atoms with van der Waals surface area (Å²) in [5.41, 5.74) is 1.15. The summed E-state index contributed by atoms with van der Waals surface area (Å²) in [5.74, 6) is 0.217. The van der Waals surface area contributed by atoms with E-state index in [1.54, 1.807) is 31.4 Å². The van der Waals surface area contributed by atoms with Gasteiger partial charge in [0.05, 0.1) is 7.11 Å². The third-order valence-electron chi connectivity index (χ3n) is 6.16. The van der Waals surface area contributed by atoms with Gasteiger partial charge in [-0.05, 0) is 68.0 Å². The molecule has 7 heteroatoms. The summed E-state index contributed by atoms with van der Waals surface area (Å²) in [6, 6.07) is 15.6. The van der Waals surface area contributed by atoms with Crippen LogP contribution in [0, 0.1) is 5.92 Å². The van der Waals surface area contributed by atoms with Gasteiger partial charge >= 0.3 is 0 Å². The molecular weight excluding hydrogens is 406 g/mol. The summed E-state index contributed by atoms with van der Waals surface area (Å²) in [7, 11) is 1.57. The average Bonchev–Trinajstić information content (AvgIpc) is 3.66. The van der Waals surface area contributed by atoms with Crippen LogP contribution < -0.4 is 15.4 Å². The van der Waals surface area contributed by atoms with Crippen LogP contribution >= 0.6 is 0 Å². The molecule has 2 aliphatic rings. The highest BCUT2D eigenvalue weighted by Crippen LogP contribution is 2.25. The number of benzene rings is 2. The topological polar surface area (TPSA) is 87.7 Å². The zero-order chi connectivity index (χ0) is 22.5. The highest BCUT2D eigenvalue weighted by molar-refractivity contribution is 5.98. The number of nitrogens with zero attached hydrogens (tertiary/aromatic N) is 1. The molecule has 1 aliphatic carbocycles. The van der Waals surface area contributed by atoms with Gasteiger partial charge in [0.25, 0.3) is 11.8 Å². The van der Waals surface area contributed by atoms with Crippen molar-refractivity contribution in [3.05, 3.63) is 65.7 Å². The fraction of sp³-hybridized carbons (Fsp3) is 0.400. The molecule has 4 rings (SSSR count). The number of likely N-dealkylation sites (tertiary alicyclic amines) is 1. The van der Waals surface area contributed by atoms with E-state index in [9.17, 15) is 14.4 Å². The van der Waals surface area contributed by atoms with Crippen molar-refractivity contribution < 1.29 is 19.1 Å². The lowest BCUT2D eigenvalue weighted by Gasteiger charge is -2.36. The summed E-state index contributed by atoms with van der Waals surface area (Å²) in [4.78, 5) is 40.4. The highest BCUT2D eigenvalue weighted by atomic mass is 16.5. The Morgan fingerprint density at radius 2 is 1.56 bits per heavy atom. The minimum Gasteiger partial charge on any atom is -0.497 e. The van der Waals surface area contributed by atoms with Gasteiger partial charge < -0.3 is 20.3 Å². The van der Waals surface area contributed by atoms with Crippen LogP contribution in [0.2, 0.25) is 0 Å². The molecule has 0 aromatic heterocycles. The fourth-order valence-corrected chi connectivity index (χ4v) is 4.08. The molecule has 1 saturated carbocycles. The van der Waals surface area contributed by atoms with Crippen molar-refractivity contribution in [1.29, 1.82) is 0 Å². The Hall–Kier alpha value is -3.35. The van der Waals surface area contributed by atoms with Crippen LogP contribution in [-0.2, 0) is 4.79 Å². The zero-order valence-electron chi connectivity index (χ0n) is 18.3. The maximum Gasteiger partial charge on any atom is 0.253 e. The first-order chi connectivity index (χ1) is 15.5. The van der Waals surface area contributed by atoms with Crippen LogP contribution in [0.3, 0.4) is 0 Å². The lowest BCUT2D eigenvalue weighted by molar-refractivity contribution is -0.124. The van der Waals surface area contributed by atoms with E-state index in [-0.39, 0.29) is 29.7 Å². The smallest absolute Gasteiger partial charge is 0.253 e. The summed E-state index contributed by atoms with van der Waals surface area (Å²) >= 11 is 0. The van der Waals surface area contributed by atoms with E-state index >= 15 is 0 Å². The Bertz CT molecular complexity index is 949. The van der Waals surface area contributed by atoms with Gasteiger partial charge in [-0.15, -0.1) is 0 Å². The number of carbonyl (C=O) groups is 3. The standard InChI is InChI=1S/C25H29N3O4/c1-32-21-11-7-18(8-12-21)23(29)27-22(24(30)26-20-9-10-20)17-13-15-28(16-14-17)25(31)19-5-3-2-4-6-19/h2-8,11-12,17,20,22H,9-10,13-16H2,1H3,(H,26,30)(H,27,29)/t22-/m0/s1. The number of rotatable bonds is 7. The van der Waals surface area contributed by atoms with Crippen LogP contribution in [-0.4, -0.2) is 54.9 Å². The Morgan fingerprint density at radius 1 is 0.906 bits per heavy atom. The summed E-state index contributed by atoms with van der Waals surface area (Å²) in [6.45, 7) is 1.12. The van der Waals surface area contributed by atoms with E-state index in [1.165, 1.54) is 0 Å². The van der Waals surface area contributed by atoms with Crippen molar-refractivity contribution in [2.24, 2.45) is 5.92 Å². The van der Waals surface area contributed by atoms with Crippen molar-refractivity contribution >= 4 is 17.7 Å². The molecular formula is C25H29N3O4. The molecule has 0 spiro atoms. The molecule has 2 aromatic rings. The van der Waals surface area contributed by atoms with Gasteiger partial charge in [-0.2, -0.15) is 0 Å². The molecule has 3 amide bonds. The van der Waals surface area contributed by atoms with Crippen LogP contribution in [0.4, 0.5) is 0 Å². The lowest BCUT2D eigenvalue weighted by Crippen LogP contribution is -2.54. The first kappa shape index (κ1) is 21.9. The fourth-order valence-electron chi connectivity index (χ4n) is 4.08. The number of amides is 3. The molecule has 2 N–H and O–H groups in total. The number of nitrogens with one attached hydrogen (secondary N) is 2. The molecule has 1 heterocycles. The molecule has 2 aromatic carbocycles. The largest absolute Gasteiger partial charge is 0.497 e. The molecule has 0 bridgehead atoms.